The highest BCUT2D eigenvalue weighted by Crippen LogP contribution is 2.26. The van der Waals surface area contributed by atoms with E-state index in [9.17, 15) is 4.79 Å². The van der Waals surface area contributed by atoms with Crippen molar-refractivity contribution in [2.45, 2.75) is 19.4 Å². The van der Waals surface area contributed by atoms with Crippen molar-refractivity contribution in [2.75, 3.05) is 50.8 Å². The van der Waals surface area contributed by atoms with E-state index in [0.717, 1.165) is 57.2 Å². The Morgan fingerprint density at radius 1 is 1.07 bits per heavy atom. The van der Waals surface area contributed by atoms with E-state index < -0.39 is 0 Å². The number of anilines is 1. The Morgan fingerprint density at radius 2 is 1.83 bits per heavy atom. The van der Waals surface area contributed by atoms with E-state index in [0.29, 0.717) is 19.5 Å². The van der Waals surface area contributed by atoms with Crippen LogP contribution in [0.25, 0.3) is 0 Å². The molecule has 2 aromatic rings. The van der Waals surface area contributed by atoms with Gasteiger partial charge in [-0.2, -0.15) is 5.26 Å². The first-order valence-electron chi connectivity index (χ1n) is 10.6. The first kappa shape index (κ1) is 20.4. The monoisotopic (exact) mass is 404 g/mol. The minimum Gasteiger partial charge on any atom is -0.493 e. The molecule has 2 heterocycles. The summed E-state index contributed by atoms with van der Waals surface area (Å²) >= 11 is 0. The van der Waals surface area contributed by atoms with Crippen molar-refractivity contribution < 1.29 is 9.53 Å². The fourth-order valence-corrected chi connectivity index (χ4v) is 4.15. The van der Waals surface area contributed by atoms with Gasteiger partial charge in [-0.3, -0.25) is 14.6 Å². The second kappa shape index (κ2) is 9.75. The van der Waals surface area contributed by atoms with Crippen molar-refractivity contribution in [1.29, 1.82) is 5.26 Å². The van der Waals surface area contributed by atoms with E-state index in [-0.39, 0.29) is 5.91 Å². The summed E-state index contributed by atoms with van der Waals surface area (Å²) < 4.78 is 5.60. The number of amides is 1. The van der Waals surface area contributed by atoms with Crippen molar-refractivity contribution in [3.63, 3.8) is 0 Å². The Kier molecular flexibility index (Phi) is 6.63. The van der Waals surface area contributed by atoms with Gasteiger partial charge in [-0.15, -0.1) is 0 Å². The average Bonchev–Trinajstić information content (AvgIpc) is 3.24. The van der Waals surface area contributed by atoms with Crippen LogP contribution in [0.1, 0.15) is 17.5 Å². The molecule has 0 aromatic heterocycles. The first-order chi connectivity index (χ1) is 14.7. The van der Waals surface area contributed by atoms with Gasteiger partial charge in [0.1, 0.15) is 5.75 Å². The molecule has 2 aliphatic heterocycles. The lowest BCUT2D eigenvalue weighted by Crippen LogP contribution is -2.50. The van der Waals surface area contributed by atoms with Crippen molar-refractivity contribution in [3.05, 3.63) is 59.7 Å². The van der Waals surface area contributed by atoms with Gasteiger partial charge < -0.3 is 9.64 Å². The number of hydrogen-bond donors (Lipinski definition) is 0. The van der Waals surface area contributed by atoms with Crippen LogP contribution in [-0.4, -0.2) is 61.6 Å². The number of benzene rings is 2. The highest BCUT2D eigenvalue weighted by Gasteiger charge is 2.23. The second-order valence-electron chi connectivity index (χ2n) is 7.88. The summed E-state index contributed by atoms with van der Waals surface area (Å²) in [5, 5.41) is 8.96. The van der Waals surface area contributed by atoms with Gasteiger partial charge in [0.2, 0.25) is 5.91 Å². The van der Waals surface area contributed by atoms with Crippen LogP contribution in [-0.2, 0) is 17.8 Å². The largest absolute Gasteiger partial charge is 0.493 e. The number of carbonyl (C=O) groups excluding carboxylic acids is 1. The molecule has 1 fully saturated rings. The van der Waals surface area contributed by atoms with Crippen molar-refractivity contribution in [1.82, 2.24) is 9.80 Å². The van der Waals surface area contributed by atoms with E-state index in [1.54, 1.807) is 4.90 Å². The summed E-state index contributed by atoms with van der Waals surface area (Å²) in [6.07, 6.45) is 1.34. The van der Waals surface area contributed by atoms with Crippen LogP contribution in [0.5, 0.6) is 5.75 Å². The molecule has 0 saturated carbocycles. The summed E-state index contributed by atoms with van der Waals surface area (Å²) in [5.41, 5.74) is 3.50. The molecule has 0 atom stereocenters. The third kappa shape index (κ3) is 4.99. The fourth-order valence-electron chi connectivity index (χ4n) is 4.15. The topological polar surface area (TPSA) is 59.8 Å². The molecule has 6 nitrogen and oxygen atoms in total. The molecule has 156 valence electrons. The van der Waals surface area contributed by atoms with E-state index in [1.807, 2.05) is 30.3 Å². The lowest BCUT2D eigenvalue weighted by molar-refractivity contribution is -0.120. The fraction of sp³-hybridized carbons (Fsp3) is 0.417. The lowest BCUT2D eigenvalue weighted by atomic mass is 10.1. The number of ether oxygens (including phenoxy) is 1. The maximum Gasteiger partial charge on any atom is 0.241 e. The minimum absolute atomic E-state index is 0.0588. The van der Waals surface area contributed by atoms with Crippen LogP contribution in [0, 0.1) is 11.3 Å². The van der Waals surface area contributed by atoms with Gasteiger partial charge in [0, 0.05) is 51.4 Å². The molecule has 4 rings (SSSR count). The molecular formula is C24H28N4O2. The maximum atomic E-state index is 12.9. The van der Waals surface area contributed by atoms with Crippen LogP contribution in [0.4, 0.5) is 5.69 Å². The zero-order valence-corrected chi connectivity index (χ0v) is 17.3. The van der Waals surface area contributed by atoms with E-state index >= 15 is 0 Å². The number of para-hydroxylation sites is 1. The predicted octanol–water partition coefficient (Wildman–Crippen LogP) is 2.69. The summed E-state index contributed by atoms with van der Waals surface area (Å²) in [5.74, 6) is 1.09. The summed E-state index contributed by atoms with van der Waals surface area (Å²) in [4.78, 5) is 19.4. The Bertz CT molecular complexity index is 901. The third-order valence-corrected chi connectivity index (χ3v) is 5.80. The van der Waals surface area contributed by atoms with Crippen molar-refractivity contribution in [3.8, 4) is 11.8 Å². The standard InChI is InChI=1S/C24H28N4O2/c25-10-4-11-28(22-5-2-1-3-6-22)24(29)19-27-14-12-26(13-15-27)18-20-7-8-23-21(17-20)9-16-30-23/h1-3,5-8,17H,4,9,11-16,18-19H2. The number of nitriles is 1. The van der Waals surface area contributed by atoms with Crippen molar-refractivity contribution in [2.24, 2.45) is 0 Å². The van der Waals surface area contributed by atoms with Gasteiger partial charge in [-0.25, -0.2) is 0 Å². The van der Waals surface area contributed by atoms with E-state index in [2.05, 4.69) is 34.1 Å². The van der Waals surface area contributed by atoms with Gasteiger partial charge in [-0.1, -0.05) is 30.3 Å². The number of carbonyl (C=O) groups is 1. The number of rotatable bonds is 7. The molecule has 1 saturated heterocycles. The molecule has 0 aliphatic carbocycles. The zero-order valence-electron chi connectivity index (χ0n) is 17.3. The second-order valence-corrected chi connectivity index (χ2v) is 7.88. The Morgan fingerprint density at radius 3 is 2.60 bits per heavy atom. The van der Waals surface area contributed by atoms with Gasteiger partial charge in [0.05, 0.1) is 25.6 Å². The predicted molar refractivity (Wildman–Crippen MR) is 116 cm³/mol. The van der Waals surface area contributed by atoms with Gasteiger partial charge in [0.25, 0.3) is 0 Å². The number of fused-ring (bicyclic) bond motifs is 1. The average molecular weight is 405 g/mol. The third-order valence-electron chi connectivity index (χ3n) is 5.80. The molecule has 0 N–H and O–H groups in total. The molecule has 0 spiro atoms. The van der Waals surface area contributed by atoms with E-state index in [1.165, 1.54) is 11.1 Å². The van der Waals surface area contributed by atoms with Crippen LogP contribution in [0.15, 0.2) is 48.5 Å². The minimum atomic E-state index is 0.0588. The SMILES string of the molecule is N#CCCN(C(=O)CN1CCN(Cc2ccc3c(c2)CCO3)CC1)c1ccccc1. The van der Waals surface area contributed by atoms with Crippen molar-refractivity contribution >= 4 is 11.6 Å². The number of hydrogen-bond acceptors (Lipinski definition) is 5. The lowest BCUT2D eigenvalue weighted by Gasteiger charge is -2.35. The van der Waals surface area contributed by atoms with Crippen LogP contribution < -0.4 is 9.64 Å². The molecule has 2 aromatic carbocycles. The molecule has 0 bridgehead atoms. The Balaban J connectivity index is 1.29. The van der Waals surface area contributed by atoms with Gasteiger partial charge in [-0.05, 0) is 29.3 Å². The Hall–Kier alpha value is -2.88. The smallest absolute Gasteiger partial charge is 0.241 e. The Labute approximate surface area is 178 Å². The summed E-state index contributed by atoms with van der Waals surface area (Å²) in [6, 6.07) is 18.3. The van der Waals surface area contributed by atoms with Crippen LogP contribution >= 0.6 is 0 Å². The highest BCUT2D eigenvalue weighted by molar-refractivity contribution is 5.94. The quantitative estimate of drug-likeness (QED) is 0.710. The molecule has 0 unspecified atom stereocenters. The normalized spacial score (nSPS) is 16.5. The summed E-state index contributed by atoms with van der Waals surface area (Å²) in [6.45, 7) is 6.20. The summed E-state index contributed by atoms with van der Waals surface area (Å²) in [7, 11) is 0. The van der Waals surface area contributed by atoms with Gasteiger partial charge >= 0.3 is 0 Å². The molecule has 0 radical (unpaired) electrons. The molecule has 1 amide bonds. The molecular weight excluding hydrogens is 376 g/mol. The number of piperazine rings is 1. The molecule has 6 heteroatoms. The van der Waals surface area contributed by atoms with E-state index in [4.69, 9.17) is 10.00 Å². The highest BCUT2D eigenvalue weighted by atomic mass is 16.5. The van der Waals surface area contributed by atoms with Crippen LogP contribution in [0.2, 0.25) is 0 Å². The van der Waals surface area contributed by atoms with Crippen LogP contribution in [0.3, 0.4) is 0 Å². The van der Waals surface area contributed by atoms with Gasteiger partial charge in [0.15, 0.2) is 0 Å². The molecule has 2 aliphatic rings. The molecule has 30 heavy (non-hydrogen) atoms. The number of nitrogens with zero attached hydrogens (tertiary/aromatic N) is 4. The maximum absolute atomic E-state index is 12.9. The first-order valence-corrected chi connectivity index (χ1v) is 10.6. The zero-order chi connectivity index (χ0) is 20.8.